The van der Waals surface area contributed by atoms with Crippen molar-refractivity contribution >= 4 is 34.7 Å². The SMILES string of the molecule is Cc1ccc(C(C)C)c(OCCN2C(=O)S/C(=C\c3cccn3-c3cccc([N+](=O)[O-])c3)C2=O)c1. The normalized spacial score (nSPS) is 14.9. The number of ether oxygens (including phenoxy) is 1. The van der Waals surface area contributed by atoms with Gasteiger partial charge in [-0.1, -0.05) is 32.0 Å². The van der Waals surface area contributed by atoms with Crippen LogP contribution in [0.4, 0.5) is 10.5 Å². The molecule has 0 unspecified atom stereocenters. The molecule has 0 spiro atoms. The summed E-state index contributed by atoms with van der Waals surface area (Å²) in [6.45, 7) is 6.49. The minimum absolute atomic E-state index is 0.0308. The van der Waals surface area contributed by atoms with Gasteiger partial charge in [-0.25, -0.2) is 0 Å². The molecular formula is C26H25N3O5S. The molecule has 0 atom stereocenters. The van der Waals surface area contributed by atoms with Gasteiger partial charge in [-0.3, -0.25) is 24.6 Å². The van der Waals surface area contributed by atoms with Crippen LogP contribution in [-0.4, -0.2) is 38.7 Å². The van der Waals surface area contributed by atoms with Gasteiger partial charge in [0.15, 0.2) is 0 Å². The summed E-state index contributed by atoms with van der Waals surface area (Å²) in [5.74, 6) is 0.661. The first-order valence-corrected chi connectivity index (χ1v) is 12.0. The third kappa shape index (κ3) is 5.30. The topological polar surface area (TPSA) is 94.7 Å². The molecule has 2 heterocycles. The fourth-order valence-corrected chi connectivity index (χ4v) is 4.67. The average Bonchev–Trinajstić information content (AvgIpc) is 3.38. The van der Waals surface area contributed by atoms with E-state index >= 15 is 0 Å². The lowest BCUT2D eigenvalue weighted by atomic mass is 10.0. The fraction of sp³-hybridized carbons (Fsp3) is 0.231. The number of hydrogen-bond donors (Lipinski definition) is 0. The van der Waals surface area contributed by atoms with Gasteiger partial charge in [-0.05, 0) is 66.1 Å². The first-order chi connectivity index (χ1) is 16.7. The highest BCUT2D eigenvalue weighted by molar-refractivity contribution is 8.18. The Morgan fingerprint density at radius 1 is 1.11 bits per heavy atom. The van der Waals surface area contributed by atoms with E-state index < -0.39 is 4.92 Å². The number of nitro groups is 1. The second-order valence-corrected chi connectivity index (χ2v) is 9.45. The Morgan fingerprint density at radius 2 is 1.91 bits per heavy atom. The first kappa shape index (κ1) is 24.3. The number of aromatic nitrogens is 1. The van der Waals surface area contributed by atoms with Crippen LogP contribution < -0.4 is 4.74 Å². The van der Waals surface area contributed by atoms with Gasteiger partial charge in [0.1, 0.15) is 12.4 Å². The van der Waals surface area contributed by atoms with Crippen molar-refractivity contribution in [1.82, 2.24) is 9.47 Å². The maximum Gasteiger partial charge on any atom is 0.293 e. The van der Waals surface area contributed by atoms with Crippen molar-refractivity contribution in [2.24, 2.45) is 0 Å². The van der Waals surface area contributed by atoms with Crippen LogP contribution in [-0.2, 0) is 4.79 Å². The number of benzene rings is 2. The third-order valence-corrected chi connectivity index (χ3v) is 6.52. The zero-order valence-corrected chi connectivity index (χ0v) is 20.5. The van der Waals surface area contributed by atoms with Gasteiger partial charge in [-0.15, -0.1) is 0 Å². The molecule has 1 fully saturated rings. The summed E-state index contributed by atoms with van der Waals surface area (Å²) >= 11 is 0.870. The predicted octanol–water partition coefficient (Wildman–Crippen LogP) is 5.93. The van der Waals surface area contributed by atoms with E-state index in [1.54, 1.807) is 41.1 Å². The zero-order valence-electron chi connectivity index (χ0n) is 19.6. The molecule has 9 heteroatoms. The van der Waals surface area contributed by atoms with Crippen molar-refractivity contribution in [2.75, 3.05) is 13.2 Å². The Balaban J connectivity index is 1.48. The maximum atomic E-state index is 13.0. The number of thioether (sulfide) groups is 1. The number of nitro benzene ring substituents is 1. The maximum absolute atomic E-state index is 13.0. The molecule has 0 aliphatic carbocycles. The first-order valence-electron chi connectivity index (χ1n) is 11.2. The number of carbonyl (C=O) groups excluding carboxylic acids is 2. The zero-order chi connectivity index (χ0) is 25.1. The van der Waals surface area contributed by atoms with Crippen LogP contribution >= 0.6 is 11.8 Å². The Bertz CT molecular complexity index is 1330. The van der Waals surface area contributed by atoms with E-state index in [-0.39, 0.29) is 35.9 Å². The molecule has 2 aromatic carbocycles. The largest absolute Gasteiger partial charge is 0.491 e. The summed E-state index contributed by atoms with van der Waals surface area (Å²) in [6, 6.07) is 15.8. The molecule has 0 N–H and O–H groups in total. The molecule has 1 aromatic heterocycles. The molecule has 2 amide bonds. The summed E-state index contributed by atoms with van der Waals surface area (Å²) in [7, 11) is 0. The third-order valence-electron chi connectivity index (χ3n) is 5.62. The van der Waals surface area contributed by atoms with E-state index in [0.717, 1.165) is 28.6 Å². The molecule has 1 saturated heterocycles. The predicted molar refractivity (Wildman–Crippen MR) is 136 cm³/mol. The molecule has 0 bridgehead atoms. The van der Waals surface area contributed by atoms with Crippen molar-refractivity contribution in [2.45, 2.75) is 26.7 Å². The van der Waals surface area contributed by atoms with Crippen LogP contribution in [0.3, 0.4) is 0 Å². The molecule has 1 aliphatic heterocycles. The molecular weight excluding hydrogens is 466 g/mol. The van der Waals surface area contributed by atoms with Crippen LogP contribution in [0.5, 0.6) is 5.75 Å². The quantitative estimate of drug-likeness (QED) is 0.220. The van der Waals surface area contributed by atoms with Crippen LogP contribution in [0.2, 0.25) is 0 Å². The molecule has 180 valence electrons. The van der Waals surface area contributed by atoms with E-state index in [4.69, 9.17) is 4.74 Å². The Hall–Kier alpha value is -3.85. The standard InChI is InChI=1S/C26H25N3O5S/c1-17(2)22-10-9-18(3)14-23(22)34-13-12-28-25(30)24(35-26(28)31)16-20-8-5-11-27(20)19-6-4-7-21(15-19)29(32)33/h4-11,14-17H,12-13H2,1-3H3/b24-16-. The van der Waals surface area contributed by atoms with E-state index in [2.05, 4.69) is 13.8 Å². The van der Waals surface area contributed by atoms with Crippen molar-refractivity contribution in [3.63, 3.8) is 0 Å². The Labute approximate surface area is 207 Å². The molecule has 0 radical (unpaired) electrons. The van der Waals surface area contributed by atoms with Gasteiger partial charge in [-0.2, -0.15) is 0 Å². The molecule has 0 saturated carbocycles. The van der Waals surface area contributed by atoms with E-state index in [1.165, 1.54) is 17.0 Å². The monoisotopic (exact) mass is 491 g/mol. The summed E-state index contributed by atoms with van der Waals surface area (Å²) in [5.41, 5.74) is 3.34. The number of carbonyl (C=O) groups is 2. The fourth-order valence-electron chi connectivity index (χ4n) is 3.82. The van der Waals surface area contributed by atoms with E-state index in [0.29, 0.717) is 16.3 Å². The van der Waals surface area contributed by atoms with Crippen LogP contribution in [0.25, 0.3) is 11.8 Å². The highest BCUT2D eigenvalue weighted by Gasteiger charge is 2.35. The van der Waals surface area contributed by atoms with Crippen LogP contribution in [0.15, 0.2) is 65.7 Å². The number of amides is 2. The van der Waals surface area contributed by atoms with Crippen LogP contribution in [0, 0.1) is 17.0 Å². The summed E-state index contributed by atoms with van der Waals surface area (Å²) < 4.78 is 7.68. The van der Waals surface area contributed by atoms with Gasteiger partial charge in [0.2, 0.25) is 0 Å². The number of rotatable bonds is 8. The lowest BCUT2D eigenvalue weighted by Crippen LogP contribution is -2.32. The number of aryl methyl sites for hydroxylation is 1. The second-order valence-electron chi connectivity index (χ2n) is 8.46. The van der Waals surface area contributed by atoms with Crippen molar-refractivity contribution in [3.05, 3.63) is 92.6 Å². The minimum Gasteiger partial charge on any atom is -0.491 e. The Kier molecular flexibility index (Phi) is 7.07. The minimum atomic E-state index is -0.457. The van der Waals surface area contributed by atoms with Gasteiger partial charge < -0.3 is 9.30 Å². The second kappa shape index (κ2) is 10.2. The van der Waals surface area contributed by atoms with Crippen LogP contribution in [0.1, 0.15) is 36.6 Å². The number of non-ortho nitro benzene ring substituents is 1. The summed E-state index contributed by atoms with van der Waals surface area (Å²) in [4.78, 5) is 37.7. The number of hydrogen-bond acceptors (Lipinski definition) is 6. The molecule has 4 rings (SSSR count). The Morgan fingerprint density at radius 3 is 2.66 bits per heavy atom. The smallest absolute Gasteiger partial charge is 0.293 e. The van der Waals surface area contributed by atoms with Gasteiger partial charge in [0.05, 0.1) is 22.1 Å². The molecule has 3 aromatic rings. The van der Waals surface area contributed by atoms with Crippen molar-refractivity contribution in [3.8, 4) is 11.4 Å². The highest BCUT2D eigenvalue weighted by Crippen LogP contribution is 2.33. The van der Waals surface area contributed by atoms with E-state index in [1.807, 2.05) is 25.1 Å². The summed E-state index contributed by atoms with van der Waals surface area (Å²) in [5, 5.41) is 10.8. The van der Waals surface area contributed by atoms with Gasteiger partial charge in [0.25, 0.3) is 16.8 Å². The van der Waals surface area contributed by atoms with E-state index in [9.17, 15) is 19.7 Å². The van der Waals surface area contributed by atoms with Gasteiger partial charge in [0, 0.05) is 24.0 Å². The lowest BCUT2D eigenvalue weighted by molar-refractivity contribution is -0.384. The number of nitrogens with zero attached hydrogens (tertiary/aromatic N) is 3. The molecule has 35 heavy (non-hydrogen) atoms. The number of imide groups is 1. The molecule has 8 nitrogen and oxygen atoms in total. The molecule has 1 aliphatic rings. The van der Waals surface area contributed by atoms with Crippen molar-refractivity contribution in [1.29, 1.82) is 0 Å². The average molecular weight is 492 g/mol. The van der Waals surface area contributed by atoms with Crippen molar-refractivity contribution < 1.29 is 19.2 Å². The summed E-state index contributed by atoms with van der Waals surface area (Å²) in [6.07, 6.45) is 3.37. The van der Waals surface area contributed by atoms with Gasteiger partial charge >= 0.3 is 0 Å². The lowest BCUT2D eigenvalue weighted by Gasteiger charge is -2.17. The highest BCUT2D eigenvalue weighted by atomic mass is 32.2.